The van der Waals surface area contributed by atoms with E-state index in [2.05, 4.69) is 48.5 Å². The first-order valence-corrected chi connectivity index (χ1v) is 10.9. The Bertz CT molecular complexity index is 862. The number of aryl methyl sites for hydroxylation is 1. The third-order valence-electron chi connectivity index (χ3n) is 5.01. The predicted molar refractivity (Wildman–Crippen MR) is 116 cm³/mol. The second-order valence-electron chi connectivity index (χ2n) is 8.89. The number of thioether (sulfide) groups is 1. The molecule has 1 aromatic heterocycles. The van der Waals surface area contributed by atoms with Crippen LogP contribution in [-0.2, 0) is 4.79 Å². The van der Waals surface area contributed by atoms with Crippen molar-refractivity contribution >= 4 is 17.7 Å². The maximum atomic E-state index is 12.6. The minimum absolute atomic E-state index is 0.00596. The fourth-order valence-electron chi connectivity index (χ4n) is 4.35. The average Bonchev–Trinajstić information content (AvgIpc) is 2.97. The van der Waals surface area contributed by atoms with Gasteiger partial charge in [0.1, 0.15) is 11.6 Å². The number of ether oxygens (including phenoxy) is 1. The van der Waals surface area contributed by atoms with Gasteiger partial charge in [0, 0.05) is 17.1 Å². The Morgan fingerprint density at radius 2 is 1.90 bits per heavy atom. The second-order valence-corrected chi connectivity index (χ2v) is 9.83. The summed E-state index contributed by atoms with van der Waals surface area (Å²) < 4.78 is 7.40. The standard InChI is InChI=1S/C21H31N5O2S/c1-14-23-24-19(26(14)16-9-7-8-10-17(16)28-6)29-13-18(27)22-15-11-20(2,3)25-21(4,5)12-15/h7-10,15,25H,11-13H2,1-6H3,(H,22,27). The lowest BCUT2D eigenvalue weighted by atomic mass is 9.79. The van der Waals surface area contributed by atoms with Crippen molar-refractivity contribution in [2.24, 2.45) is 0 Å². The van der Waals surface area contributed by atoms with Crippen molar-refractivity contribution in [2.75, 3.05) is 12.9 Å². The summed E-state index contributed by atoms with van der Waals surface area (Å²) in [5, 5.41) is 16.0. The van der Waals surface area contributed by atoms with E-state index in [1.165, 1.54) is 11.8 Å². The molecule has 0 atom stereocenters. The molecule has 2 aromatic rings. The molecule has 1 aliphatic rings. The summed E-state index contributed by atoms with van der Waals surface area (Å²) in [6, 6.07) is 7.88. The summed E-state index contributed by atoms with van der Waals surface area (Å²) in [7, 11) is 1.64. The maximum absolute atomic E-state index is 12.6. The van der Waals surface area contributed by atoms with Gasteiger partial charge >= 0.3 is 0 Å². The van der Waals surface area contributed by atoms with Gasteiger partial charge in [-0.1, -0.05) is 23.9 Å². The summed E-state index contributed by atoms with van der Waals surface area (Å²) in [4.78, 5) is 12.6. The molecule has 0 aliphatic carbocycles. The van der Waals surface area contributed by atoms with Crippen LogP contribution in [0, 0.1) is 6.92 Å². The number of piperidine rings is 1. The highest BCUT2D eigenvalue weighted by Crippen LogP contribution is 2.30. The van der Waals surface area contributed by atoms with Gasteiger partial charge in [0.25, 0.3) is 0 Å². The Balaban J connectivity index is 1.67. The van der Waals surface area contributed by atoms with Gasteiger partial charge in [0.2, 0.25) is 5.91 Å². The molecule has 0 unspecified atom stereocenters. The van der Waals surface area contributed by atoms with E-state index in [1.54, 1.807) is 7.11 Å². The number of amides is 1. The Morgan fingerprint density at radius 1 is 1.24 bits per heavy atom. The van der Waals surface area contributed by atoms with Gasteiger partial charge in [-0.3, -0.25) is 9.36 Å². The minimum atomic E-state index is -0.00596. The first kappa shape index (κ1) is 21.6. The fourth-order valence-corrected chi connectivity index (χ4v) is 5.15. The number of nitrogens with one attached hydrogen (secondary N) is 2. The van der Waals surface area contributed by atoms with Crippen molar-refractivity contribution in [3.05, 3.63) is 30.1 Å². The van der Waals surface area contributed by atoms with Crippen LogP contribution in [0.5, 0.6) is 5.75 Å². The molecule has 1 fully saturated rings. The number of carbonyl (C=O) groups excluding carboxylic acids is 1. The Morgan fingerprint density at radius 3 is 2.55 bits per heavy atom. The molecule has 1 amide bonds. The van der Waals surface area contributed by atoms with Gasteiger partial charge in [-0.2, -0.15) is 0 Å². The van der Waals surface area contributed by atoms with Gasteiger partial charge in [-0.25, -0.2) is 0 Å². The van der Waals surface area contributed by atoms with Crippen LogP contribution in [0.3, 0.4) is 0 Å². The van der Waals surface area contributed by atoms with Crippen LogP contribution in [0.25, 0.3) is 5.69 Å². The van der Waals surface area contributed by atoms with E-state index in [9.17, 15) is 4.79 Å². The molecule has 29 heavy (non-hydrogen) atoms. The number of benzene rings is 1. The molecular formula is C21H31N5O2S. The molecular weight excluding hydrogens is 386 g/mol. The lowest BCUT2D eigenvalue weighted by Crippen LogP contribution is -2.62. The molecule has 7 nitrogen and oxygen atoms in total. The first-order chi connectivity index (χ1) is 13.6. The third-order valence-corrected chi connectivity index (χ3v) is 5.94. The predicted octanol–water partition coefficient (Wildman–Crippen LogP) is 3.10. The fraction of sp³-hybridized carbons (Fsp3) is 0.571. The van der Waals surface area contributed by atoms with Crippen LogP contribution < -0.4 is 15.4 Å². The van der Waals surface area contributed by atoms with E-state index in [-0.39, 0.29) is 28.8 Å². The van der Waals surface area contributed by atoms with Crippen molar-refractivity contribution in [3.63, 3.8) is 0 Å². The van der Waals surface area contributed by atoms with Crippen molar-refractivity contribution in [1.82, 2.24) is 25.4 Å². The SMILES string of the molecule is COc1ccccc1-n1c(C)nnc1SCC(=O)NC1CC(C)(C)NC(C)(C)C1. The molecule has 2 N–H and O–H groups in total. The molecule has 1 saturated heterocycles. The van der Waals surface area contributed by atoms with Crippen molar-refractivity contribution in [3.8, 4) is 11.4 Å². The van der Waals surface area contributed by atoms with Gasteiger partial charge in [-0.15, -0.1) is 10.2 Å². The number of carbonyl (C=O) groups is 1. The van der Waals surface area contributed by atoms with E-state index < -0.39 is 0 Å². The Kier molecular flexibility index (Phi) is 6.24. The highest BCUT2D eigenvalue weighted by atomic mass is 32.2. The van der Waals surface area contributed by atoms with Crippen LogP contribution in [-0.4, -0.2) is 50.7 Å². The number of aromatic nitrogens is 3. The molecule has 3 rings (SSSR count). The quantitative estimate of drug-likeness (QED) is 0.703. The molecule has 2 heterocycles. The largest absolute Gasteiger partial charge is 0.495 e. The number of hydrogen-bond donors (Lipinski definition) is 2. The van der Waals surface area contributed by atoms with E-state index in [1.807, 2.05) is 35.8 Å². The zero-order valence-corrected chi connectivity index (χ0v) is 18.9. The van der Waals surface area contributed by atoms with E-state index in [0.29, 0.717) is 5.16 Å². The molecule has 1 aliphatic heterocycles. The topological polar surface area (TPSA) is 81.1 Å². The van der Waals surface area contributed by atoms with E-state index in [0.717, 1.165) is 30.1 Å². The molecule has 158 valence electrons. The highest BCUT2D eigenvalue weighted by molar-refractivity contribution is 7.99. The zero-order chi connectivity index (χ0) is 21.2. The van der Waals surface area contributed by atoms with Crippen molar-refractivity contribution in [1.29, 1.82) is 0 Å². The molecule has 0 spiro atoms. The Hall–Kier alpha value is -2.06. The van der Waals surface area contributed by atoms with Gasteiger partial charge in [-0.05, 0) is 59.6 Å². The monoisotopic (exact) mass is 417 g/mol. The van der Waals surface area contributed by atoms with Gasteiger partial charge < -0.3 is 15.4 Å². The van der Waals surface area contributed by atoms with Crippen LogP contribution in [0.15, 0.2) is 29.4 Å². The summed E-state index contributed by atoms with van der Waals surface area (Å²) >= 11 is 1.38. The number of hydrogen-bond acceptors (Lipinski definition) is 6. The van der Waals surface area contributed by atoms with Crippen LogP contribution in [0.1, 0.15) is 46.4 Å². The molecule has 0 radical (unpaired) electrons. The van der Waals surface area contributed by atoms with E-state index >= 15 is 0 Å². The van der Waals surface area contributed by atoms with Crippen molar-refractivity contribution in [2.45, 2.75) is 69.7 Å². The van der Waals surface area contributed by atoms with Crippen molar-refractivity contribution < 1.29 is 9.53 Å². The summed E-state index contributed by atoms with van der Waals surface area (Å²) in [6.07, 6.45) is 1.81. The summed E-state index contributed by atoms with van der Waals surface area (Å²) in [6.45, 7) is 10.6. The first-order valence-electron chi connectivity index (χ1n) is 9.87. The summed E-state index contributed by atoms with van der Waals surface area (Å²) in [5.41, 5.74) is 0.851. The van der Waals surface area contributed by atoms with Crippen LogP contribution >= 0.6 is 11.8 Å². The molecule has 8 heteroatoms. The van der Waals surface area contributed by atoms with Crippen LogP contribution in [0.2, 0.25) is 0 Å². The smallest absolute Gasteiger partial charge is 0.230 e. The maximum Gasteiger partial charge on any atom is 0.230 e. The van der Waals surface area contributed by atoms with E-state index in [4.69, 9.17) is 4.74 Å². The number of para-hydroxylation sites is 2. The zero-order valence-electron chi connectivity index (χ0n) is 18.1. The molecule has 0 bridgehead atoms. The lowest BCUT2D eigenvalue weighted by molar-refractivity contribution is -0.119. The highest BCUT2D eigenvalue weighted by Gasteiger charge is 2.38. The lowest BCUT2D eigenvalue weighted by Gasteiger charge is -2.46. The van der Waals surface area contributed by atoms with Gasteiger partial charge in [0.15, 0.2) is 5.16 Å². The number of nitrogens with zero attached hydrogens (tertiary/aromatic N) is 3. The number of rotatable bonds is 6. The van der Waals surface area contributed by atoms with Crippen LogP contribution in [0.4, 0.5) is 0 Å². The number of methoxy groups -OCH3 is 1. The molecule has 0 saturated carbocycles. The van der Waals surface area contributed by atoms with Gasteiger partial charge in [0.05, 0.1) is 18.6 Å². The third kappa shape index (κ3) is 5.30. The Labute approximate surface area is 177 Å². The molecule has 1 aromatic carbocycles. The summed E-state index contributed by atoms with van der Waals surface area (Å²) in [5.74, 6) is 1.79. The second kappa shape index (κ2) is 8.36. The average molecular weight is 418 g/mol. The minimum Gasteiger partial charge on any atom is -0.495 e. The normalized spacial score (nSPS) is 18.4.